The van der Waals surface area contributed by atoms with Crippen LogP contribution in [0.1, 0.15) is 20.3 Å². The quantitative estimate of drug-likeness (QED) is 0.775. The van der Waals surface area contributed by atoms with Crippen molar-refractivity contribution in [2.45, 2.75) is 32.4 Å². The van der Waals surface area contributed by atoms with Crippen molar-refractivity contribution in [1.29, 1.82) is 0 Å². The van der Waals surface area contributed by atoms with Gasteiger partial charge in [-0.1, -0.05) is 6.92 Å². The summed E-state index contributed by atoms with van der Waals surface area (Å²) in [6, 6.07) is 1.36. The molecule has 2 heterocycles. The molecular weight excluding hydrogens is 194 g/mol. The fraction of sp³-hybridized carbons (Fsp3) is 1.00. The van der Waals surface area contributed by atoms with Crippen molar-refractivity contribution in [2.24, 2.45) is 11.8 Å². The number of ether oxygens (including phenoxy) is 1. The molecule has 1 N–H and O–H groups in total. The summed E-state index contributed by atoms with van der Waals surface area (Å²) < 4.78 is 5.42. The van der Waals surface area contributed by atoms with E-state index in [0.717, 1.165) is 31.1 Å². The minimum absolute atomic E-state index is 0.628. The molecule has 0 radical (unpaired) electrons. The molecule has 2 nitrogen and oxygen atoms in total. The van der Waals surface area contributed by atoms with E-state index in [1.807, 2.05) is 0 Å². The Hall–Kier alpha value is 0.270. The van der Waals surface area contributed by atoms with Crippen LogP contribution in [-0.2, 0) is 4.74 Å². The van der Waals surface area contributed by atoms with Gasteiger partial charge in [-0.15, -0.1) is 0 Å². The first kappa shape index (κ1) is 10.8. The Morgan fingerprint density at radius 1 is 1.43 bits per heavy atom. The highest BCUT2D eigenvalue weighted by atomic mass is 32.2. The van der Waals surface area contributed by atoms with Crippen LogP contribution < -0.4 is 5.32 Å². The van der Waals surface area contributed by atoms with Crippen LogP contribution in [0.3, 0.4) is 0 Å². The SMILES string of the molecule is CC1CSCC1NC(C)C1CCOC1. The predicted molar refractivity (Wildman–Crippen MR) is 61.8 cm³/mol. The lowest BCUT2D eigenvalue weighted by Crippen LogP contribution is -2.44. The van der Waals surface area contributed by atoms with E-state index in [2.05, 4.69) is 30.9 Å². The molecule has 2 aliphatic heterocycles. The normalized spacial score (nSPS) is 40.3. The zero-order valence-corrected chi connectivity index (χ0v) is 9.98. The van der Waals surface area contributed by atoms with Crippen molar-refractivity contribution in [1.82, 2.24) is 5.32 Å². The second-order valence-electron chi connectivity index (χ2n) is 4.70. The molecule has 2 saturated heterocycles. The average molecular weight is 215 g/mol. The molecule has 0 spiro atoms. The summed E-state index contributed by atoms with van der Waals surface area (Å²) in [7, 11) is 0. The second-order valence-corrected chi connectivity index (χ2v) is 5.78. The highest BCUT2D eigenvalue weighted by Crippen LogP contribution is 2.25. The Kier molecular flexibility index (Phi) is 3.74. The van der Waals surface area contributed by atoms with E-state index >= 15 is 0 Å². The van der Waals surface area contributed by atoms with Gasteiger partial charge in [0, 0.05) is 24.4 Å². The van der Waals surface area contributed by atoms with Gasteiger partial charge in [0.1, 0.15) is 0 Å². The summed E-state index contributed by atoms with van der Waals surface area (Å²) in [5, 5.41) is 3.77. The van der Waals surface area contributed by atoms with E-state index in [4.69, 9.17) is 4.74 Å². The van der Waals surface area contributed by atoms with Crippen molar-refractivity contribution in [2.75, 3.05) is 24.7 Å². The van der Waals surface area contributed by atoms with Crippen LogP contribution in [0.2, 0.25) is 0 Å². The molecule has 0 aromatic heterocycles. The van der Waals surface area contributed by atoms with Crippen molar-refractivity contribution >= 4 is 11.8 Å². The molecule has 4 atom stereocenters. The molecule has 82 valence electrons. The Morgan fingerprint density at radius 3 is 2.86 bits per heavy atom. The zero-order valence-electron chi connectivity index (χ0n) is 9.16. The van der Waals surface area contributed by atoms with Gasteiger partial charge < -0.3 is 10.1 Å². The van der Waals surface area contributed by atoms with Crippen molar-refractivity contribution in [3.05, 3.63) is 0 Å². The second kappa shape index (κ2) is 4.86. The molecule has 0 aromatic carbocycles. The van der Waals surface area contributed by atoms with Crippen LogP contribution in [0.15, 0.2) is 0 Å². The van der Waals surface area contributed by atoms with Crippen LogP contribution in [-0.4, -0.2) is 36.8 Å². The fourth-order valence-corrected chi connectivity index (χ4v) is 3.71. The predicted octanol–water partition coefficient (Wildman–Crippen LogP) is 1.75. The Labute approximate surface area is 91.2 Å². The summed E-state index contributed by atoms with van der Waals surface area (Å²) >= 11 is 2.08. The van der Waals surface area contributed by atoms with Crippen molar-refractivity contribution in [3.63, 3.8) is 0 Å². The highest BCUT2D eigenvalue weighted by molar-refractivity contribution is 7.99. The monoisotopic (exact) mass is 215 g/mol. The summed E-state index contributed by atoms with van der Waals surface area (Å²) in [6.07, 6.45) is 1.24. The molecule has 14 heavy (non-hydrogen) atoms. The molecule has 0 aliphatic carbocycles. The van der Waals surface area contributed by atoms with Gasteiger partial charge >= 0.3 is 0 Å². The van der Waals surface area contributed by atoms with Crippen molar-refractivity contribution < 1.29 is 4.74 Å². The summed E-state index contributed by atoms with van der Waals surface area (Å²) in [4.78, 5) is 0. The van der Waals surface area contributed by atoms with Gasteiger partial charge in [-0.05, 0) is 30.9 Å². The third-order valence-corrected chi connectivity index (χ3v) is 4.87. The van der Waals surface area contributed by atoms with Crippen LogP contribution in [0.25, 0.3) is 0 Å². The number of hydrogen-bond acceptors (Lipinski definition) is 3. The third kappa shape index (κ3) is 2.44. The van der Waals surface area contributed by atoms with Gasteiger partial charge in [0.2, 0.25) is 0 Å². The molecule has 0 aromatic rings. The van der Waals surface area contributed by atoms with E-state index in [0.29, 0.717) is 6.04 Å². The van der Waals surface area contributed by atoms with Gasteiger partial charge in [-0.25, -0.2) is 0 Å². The minimum Gasteiger partial charge on any atom is -0.381 e. The molecule has 2 aliphatic rings. The maximum atomic E-state index is 5.42. The third-order valence-electron chi connectivity index (χ3n) is 3.51. The van der Waals surface area contributed by atoms with Gasteiger partial charge in [-0.2, -0.15) is 11.8 Å². The van der Waals surface area contributed by atoms with E-state index in [9.17, 15) is 0 Å². The van der Waals surface area contributed by atoms with E-state index in [1.165, 1.54) is 17.9 Å². The topological polar surface area (TPSA) is 21.3 Å². The van der Waals surface area contributed by atoms with Gasteiger partial charge in [0.15, 0.2) is 0 Å². The molecule has 2 rings (SSSR count). The van der Waals surface area contributed by atoms with E-state index in [-0.39, 0.29) is 0 Å². The smallest absolute Gasteiger partial charge is 0.0509 e. The first-order valence-electron chi connectivity index (χ1n) is 5.69. The Balaban J connectivity index is 1.78. The molecule has 4 unspecified atom stereocenters. The summed E-state index contributed by atoms with van der Waals surface area (Å²) in [5.74, 6) is 4.20. The first-order chi connectivity index (χ1) is 6.77. The standard InChI is InChI=1S/C11H21NOS/c1-8-6-14-7-11(8)12-9(2)10-3-4-13-5-10/h8-12H,3-7H2,1-2H3. The average Bonchev–Trinajstić information content (AvgIpc) is 2.77. The lowest BCUT2D eigenvalue weighted by molar-refractivity contribution is 0.176. The Morgan fingerprint density at radius 2 is 2.29 bits per heavy atom. The van der Waals surface area contributed by atoms with Crippen LogP contribution >= 0.6 is 11.8 Å². The fourth-order valence-electron chi connectivity index (χ4n) is 2.29. The molecule has 0 bridgehead atoms. The molecule has 0 saturated carbocycles. The van der Waals surface area contributed by atoms with Crippen molar-refractivity contribution in [3.8, 4) is 0 Å². The Bertz CT molecular complexity index is 182. The highest BCUT2D eigenvalue weighted by Gasteiger charge is 2.29. The van der Waals surface area contributed by atoms with E-state index in [1.54, 1.807) is 0 Å². The maximum absolute atomic E-state index is 5.42. The number of rotatable bonds is 3. The molecule has 3 heteroatoms. The number of thioether (sulfide) groups is 1. The number of hydrogen-bond donors (Lipinski definition) is 1. The van der Waals surface area contributed by atoms with E-state index < -0.39 is 0 Å². The number of nitrogens with one attached hydrogen (secondary N) is 1. The maximum Gasteiger partial charge on any atom is 0.0509 e. The lowest BCUT2D eigenvalue weighted by atomic mass is 9.98. The van der Waals surface area contributed by atoms with Crippen LogP contribution in [0.4, 0.5) is 0 Å². The van der Waals surface area contributed by atoms with Gasteiger partial charge in [0.25, 0.3) is 0 Å². The van der Waals surface area contributed by atoms with Gasteiger partial charge in [0.05, 0.1) is 6.61 Å². The van der Waals surface area contributed by atoms with Crippen LogP contribution in [0, 0.1) is 11.8 Å². The molecule has 2 fully saturated rings. The molecular formula is C11H21NOS. The minimum atomic E-state index is 0.628. The van der Waals surface area contributed by atoms with Gasteiger partial charge in [-0.3, -0.25) is 0 Å². The lowest BCUT2D eigenvalue weighted by Gasteiger charge is -2.25. The first-order valence-corrected chi connectivity index (χ1v) is 6.84. The largest absolute Gasteiger partial charge is 0.381 e. The summed E-state index contributed by atoms with van der Waals surface area (Å²) in [5.41, 5.74) is 0. The van der Waals surface area contributed by atoms with Crippen LogP contribution in [0.5, 0.6) is 0 Å². The molecule has 0 amide bonds. The summed E-state index contributed by atoms with van der Waals surface area (Å²) in [6.45, 7) is 6.60. The zero-order chi connectivity index (χ0) is 9.97.